The maximum atomic E-state index is 13.6. The van der Waals surface area contributed by atoms with Crippen LogP contribution >= 0.6 is 11.8 Å². The molecule has 1 heterocycles. The van der Waals surface area contributed by atoms with E-state index in [1.165, 1.54) is 18.2 Å². The molecule has 1 aromatic carbocycles. The van der Waals surface area contributed by atoms with Crippen LogP contribution in [0.5, 0.6) is 0 Å². The fourth-order valence-corrected chi connectivity index (χ4v) is 4.65. The molecule has 10 heteroatoms. The molecule has 2 N–H and O–H groups in total. The minimum absolute atomic E-state index is 0.0666. The van der Waals surface area contributed by atoms with E-state index in [1.54, 1.807) is 6.07 Å². The van der Waals surface area contributed by atoms with E-state index < -0.39 is 30.2 Å². The molecule has 1 fully saturated rings. The first-order chi connectivity index (χ1) is 16.3. The highest BCUT2D eigenvalue weighted by Crippen LogP contribution is 2.37. The van der Waals surface area contributed by atoms with Crippen LogP contribution in [-0.2, 0) is 19.1 Å². The van der Waals surface area contributed by atoms with Crippen LogP contribution in [0.15, 0.2) is 24.3 Å². The summed E-state index contributed by atoms with van der Waals surface area (Å²) in [4.78, 5) is 36.4. The molecule has 1 saturated carbocycles. The number of nitrogens with zero attached hydrogens (tertiary/aromatic N) is 2. The van der Waals surface area contributed by atoms with Gasteiger partial charge in [-0.05, 0) is 44.4 Å². The van der Waals surface area contributed by atoms with Gasteiger partial charge in [-0.3, -0.25) is 14.4 Å². The molecule has 0 aliphatic heterocycles. The van der Waals surface area contributed by atoms with E-state index in [0.717, 1.165) is 48.7 Å². The first kappa shape index (κ1) is 25.3. The zero-order chi connectivity index (χ0) is 24.7. The first-order valence-electron chi connectivity index (χ1n) is 11.0. The van der Waals surface area contributed by atoms with Gasteiger partial charge in [-0.1, -0.05) is 25.0 Å². The van der Waals surface area contributed by atoms with E-state index >= 15 is 0 Å². The highest BCUT2D eigenvalue weighted by Gasteiger charge is 2.26. The topological polar surface area (TPSA) is 113 Å². The minimum Gasteiger partial charge on any atom is -0.455 e. The molecule has 0 radical (unpaired) electrons. The fourth-order valence-electron chi connectivity index (χ4n) is 4.04. The SMILES string of the molecule is Cc1c(C#N)c(NC(=O)COC(=O)CSCC(=O)Nc2ccccc2F)n(C2CCCC2)c1C. The van der Waals surface area contributed by atoms with Gasteiger partial charge in [-0.25, -0.2) is 4.39 Å². The number of carbonyl (C=O) groups is 3. The average molecular weight is 487 g/mol. The Hall–Kier alpha value is -3.32. The predicted molar refractivity (Wildman–Crippen MR) is 128 cm³/mol. The van der Waals surface area contributed by atoms with E-state index in [4.69, 9.17) is 4.74 Å². The number of hydrogen-bond donors (Lipinski definition) is 2. The summed E-state index contributed by atoms with van der Waals surface area (Å²) < 4.78 is 20.6. The molecule has 1 aliphatic carbocycles. The molecule has 1 aromatic heterocycles. The summed E-state index contributed by atoms with van der Waals surface area (Å²) in [6.45, 7) is 3.29. The van der Waals surface area contributed by atoms with Crippen LogP contribution in [-0.4, -0.2) is 40.5 Å². The molecule has 2 amide bonds. The second-order valence-electron chi connectivity index (χ2n) is 8.08. The molecule has 0 saturated heterocycles. The molecule has 0 bridgehead atoms. The third-order valence-electron chi connectivity index (χ3n) is 5.78. The molecule has 0 spiro atoms. The van der Waals surface area contributed by atoms with Crippen molar-refractivity contribution in [3.8, 4) is 6.07 Å². The number of carbonyl (C=O) groups excluding carboxylic acids is 3. The zero-order valence-corrected chi connectivity index (χ0v) is 20.0. The Bertz CT molecular complexity index is 1120. The number of rotatable bonds is 9. The van der Waals surface area contributed by atoms with Crippen LogP contribution in [0.2, 0.25) is 0 Å². The van der Waals surface area contributed by atoms with Crippen molar-refractivity contribution >= 4 is 41.1 Å². The monoisotopic (exact) mass is 486 g/mol. The van der Waals surface area contributed by atoms with E-state index in [2.05, 4.69) is 16.7 Å². The van der Waals surface area contributed by atoms with Crippen LogP contribution in [0.1, 0.15) is 48.5 Å². The van der Waals surface area contributed by atoms with Crippen LogP contribution in [0.4, 0.5) is 15.9 Å². The average Bonchev–Trinajstić information content (AvgIpc) is 3.41. The summed E-state index contributed by atoms with van der Waals surface area (Å²) in [5.41, 5.74) is 2.25. The molecule has 2 aromatic rings. The van der Waals surface area contributed by atoms with Gasteiger partial charge in [0.2, 0.25) is 5.91 Å². The van der Waals surface area contributed by atoms with Gasteiger partial charge in [0.1, 0.15) is 17.7 Å². The lowest BCUT2D eigenvalue weighted by atomic mass is 10.2. The van der Waals surface area contributed by atoms with Crippen LogP contribution < -0.4 is 10.6 Å². The minimum atomic E-state index is -0.655. The van der Waals surface area contributed by atoms with Gasteiger partial charge >= 0.3 is 5.97 Å². The Morgan fingerprint density at radius 2 is 1.85 bits per heavy atom. The van der Waals surface area contributed by atoms with Crippen molar-refractivity contribution in [3.05, 3.63) is 46.9 Å². The van der Waals surface area contributed by atoms with Crippen molar-refractivity contribution in [1.29, 1.82) is 5.26 Å². The normalized spacial score (nSPS) is 13.4. The number of nitrogens with one attached hydrogen (secondary N) is 2. The Balaban J connectivity index is 1.47. The van der Waals surface area contributed by atoms with E-state index in [9.17, 15) is 24.0 Å². The fraction of sp³-hybridized carbons (Fsp3) is 0.417. The second-order valence-corrected chi connectivity index (χ2v) is 9.07. The lowest BCUT2D eigenvalue weighted by molar-refractivity contribution is -0.144. The maximum absolute atomic E-state index is 13.6. The number of ether oxygens (including phenoxy) is 1. The number of esters is 1. The molecule has 0 unspecified atom stereocenters. The summed E-state index contributed by atoms with van der Waals surface area (Å²) in [6.07, 6.45) is 4.17. The van der Waals surface area contributed by atoms with Crippen molar-refractivity contribution in [2.45, 2.75) is 45.6 Å². The van der Waals surface area contributed by atoms with Gasteiger partial charge in [-0.15, -0.1) is 11.8 Å². The number of para-hydroxylation sites is 1. The zero-order valence-electron chi connectivity index (χ0n) is 19.2. The molecule has 34 heavy (non-hydrogen) atoms. The van der Waals surface area contributed by atoms with Gasteiger partial charge < -0.3 is 19.9 Å². The lowest BCUT2D eigenvalue weighted by Gasteiger charge is -2.19. The summed E-state index contributed by atoms with van der Waals surface area (Å²) in [6, 6.07) is 8.18. The quantitative estimate of drug-likeness (QED) is 0.516. The Labute approximate surface area is 201 Å². The first-order valence-corrected chi connectivity index (χ1v) is 12.2. The third-order valence-corrected chi connectivity index (χ3v) is 6.69. The van der Waals surface area contributed by atoms with Gasteiger partial charge in [0.05, 0.1) is 22.8 Å². The molecule has 1 aliphatic rings. The molecule has 180 valence electrons. The number of benzene rings is 1. The predicted octanol–water partition coefficient (Wildman–Crippen LogP) is 4.08. The number of halogens is 1. The van der Waals surface area contributed by atoms with Gasteiger partial charge in [0.25, 0.3) is 5.91 Å². The number of anilines is 2. The van der Waals surface area contributed by atoms with E-state index in [1.807, 2.05) is 18.4 Å². The third kappa shape index (κ3) is 6.17. The van der Waals surface area contributed by atoms with Crippen molar-refractivity contribution in [1.82, 2.24) is 4.57 Å². The Morgan fingerprint density at radius 3 is 2.53 bits per heavy atom. The lowest BCUT2D eigenvalue weighted by Crippen LogP contribution is -2.24. The van der Waals surface area contributed by atoms with Crippen molar-refractivity contribution < 1.29 is 23.5 Å². The summed E-state index contributed by atoms with van der Waals surface area (Å²) in [5, 5.41) is 14.8. The smallest absolute Gasteiger partial charge is 0.316 e. The van der Waals surface area contributed by atoms with Crippen molar-refractivity contribution in [2.75, 3.05) is 28.7 Å². The largest absolute Gasteiger partial charge is 0.455 e. The number of aromatic nitrogens is 1. The number of hydrogen-bond acceptors (Lipinski definition) is 6. The van der Waals surface area contributed by atoms with Gasteiger partial charge in [0.15, 0.2) is 6.61 Å². The molecule has 8 nitrogen and oxygen atoms in total. The van der Waals surface area contributed by atoms with E-state index in [-0.39, 0.29) is 23.2 Å². The van der Waals surface area contributed by atoms with Gasteiger partial charge in [0, 0.05) is 11.7 Å². The van der Waals surface area contributed by atoms with E-state index in [0.29, 0.717) is 11.4 Å². The molecule has 3 rings (SSSR count). The van der Waals surface area contributed by atoms with Crippen LogP contribution in [0.3, 0.4) is 0 Å². The maximum Gasteiger partial charge on any atom is 0.316 e. The van der Waals surface area contributed by atoms with Crippen molar-refractivity contribution in [2.24, 2.45) is 0 Å². The Morgan fingerprint density at radius 1 is 1.15 bits per heavy atom. The highest BCUT2D eigenvalue weighted by atomic mass is 32.2. The molecular formula is C24H27FN4O4S. The summed E-state index contributed by atoms with van der Waals surface area (Å²) in [5.74, 6) is -1.96. The molecule has 0 atom stereocenters. The van der Waals surface area contributed by atoms with Crippen LogP contribution in [0.25, 0.3) is 0 Å². The van der Waals surface area contributed by atoms with Crippen molar-refractivity contribution in [3.63, 3.8) is 0 Å². The standard InChI is InChI=1S/C24H27FN4O4S/c1-15-16(2)29(17-7-3-4-8-17)24(18(15)11-26)28-21(30)12-33-23(32)14-34-13-22(31)27-20-10-6-5-9-19(20)25/h5-6,9-10,17H,3-4,7-8,12-14H2,1-2H3,(H,27,31)(H,28,30). The molecular weight excluding hydrogens is 459 g/mol. The second kappa shape index (κ2) is 11.7. The summed E-state index contributed by atoms with van der Waals surface area (Å²) >= 11 is 0.993. The van der Waals surface area contributed by atoms with Gasteiger partial charge in [-0.2, -0.15) is 5.26 Å². The number of thioether (sulfide) groups is 1. The summed E-state index contributed by atoms with van der Waals surface area (Å²) in [7, 11) is 0. The van der Waals surface area contributed by atoms with Crippen LogP contribution in [0, 0.1) is 31.0 Å². The Kier molecular flexibility index (Phi) is 8.71. The highest BCUT2D eigenvalue weighted by molar-refractivity contribution is 8.00. The number of amides is 2. The number of nitriles is 1.